The Morgan fingerprint density at radius 1 is 1.18 bits per heavy atom. The number of thioether (sulfide) groups is 1. The van der Waals surface area contributed by atoms with Crippen molar-refractivity contribution in [1.29, 1.82) is 0 Å². The monoisotopic (exact) mass is 507 g/mol. The lowest BCUT2D eigenvalue weighted by Crippen LogP contribution is -2.51. The molecule has 1 aromatic carbocycles. The first-order valence-corrected chi connectivity index (χ1v) is 13.6. The van der Waals surface area contributed by atoms with Crippen molar-refractivity contribution in [3.05, 3.63) is 29.3 Å². The summed E-state index contributed by atoms with van der Waals surface area (Å²) in [7, 11) is 0. The second kappa shape index (κ2) is 10.9. The van der Waals surface area contributed by atoms with E-state index in [1.165, 1.54) is 0 Å². The van der Waals surface area contributed by atoms with Gasteiger partial charge in [0.1, 0.15) is 6.04 Å². The first kappa shape index (κ1) is 25.3. The van der Waals surface area contributed by atoms with Crippen LogP contribution in [-0.2, 0) is 14.4 Å². The van der Waals surface area contributed by atoms with Gasteiger partial charge in [0, 0.05) is 35.7 Å². The van der Waals surface area contributed by atoms with Gasteiger partial charge in [-0.1, -0.05) is 31.4 Å². The van der Waals surface area contributed by atoms with Gasteiger partial charge < -0.3 is 20.6 Å². The first-order chi connectivity index (χ1) is 16.4. The Morgan fingerprint density at radius 3 is 2.62 bits per heavy atom. The molecule has 0 radical (unpaired) electrons. The highest BCUT2D eigenvalue weighted by Crippen LogP contribution is 2.66. The summed E-state index contributed by atoms with van der Waals surface area (Å²) in [5.74, 6) is -1.17. The summed E-state index contributed by atoms with van der Waals surface area (Å²) < 4.78 is -0.572. The zero-order valence-corrected chi connectivity index (χ0v) is 21.2. The second-order valence-corrected chi connectivity index (χ2v) is 11.6. The molecule has 0 saturated carbocycles. The molecular weight excluding hydrogens is 474 g/mol. The van der Waals surface area contributed by atoms with Crippen molar-refractivity contribution in [2.45, 2.75) is 67.9 Å². The van der Waals surface area contributed by atoms with Crippen molar-refractivity contribution < 1.29 is 19.5 Å². The van der Waals surface area contributed by atoms with Gasteiger partial charge in [0.2, 0.25) is 17.7 Å². The van der Waals surface area contributed by atoms with Crippen LogP contribution in [0.3, 0.4) is 0 Å². The number of likely N-dealkylation sites (tertiary alicyclic amines) is 1. The van der Waals surface area contributed by atoms with Crippen molar-refractivity contribution in [3.8, 4) is 0 Å². The number of amides is 3. The fraction of sp³-hybridized carbons (Fsp3) is 0.640. The lowest BCUT2D eigenvalue weighted by Gasteiger charge is -2.34. The number of anilines is 1. The van der Waals surface area contributed by atoms with Gasteiger partial charge in [0.25, 0.3) is 0 Å². The van der Waals surface area contributed by atoms with Gasteiger partial charge in [-0.3, -0.25) is 14.4 Å². The maximum atomic E-state index is 13.8. The number of carbonyl (C=O) groups is 3. The minimum absolute atomic E-state index is 0.0547. The SMILES string of the molecule is CCCNC(=O)[C@@H]1[C@H]2C(=O)N(CCCCCCO)C(C(=O)Nc3ccc(Cl)cc3)C23CC[C@H]1S3. The third-order valence-corrected chi connectivity index (χ3v) is 9.52. The quantitative estimate of drug-likeness (QED) is 0.398. The molecule has 2 bridgehead atoms. The zero-order chi connectivity index (χ0) is 24.3. The Bertz CT molecular complexity index is 914. The molecule has 7 nitrogen and oxygen atoms in total. The van der Waals surface area contributed by atoms with E-state index in [4.69, 9.17) is 16.7 Å². The van der Waals surface area contributed by atoms with Crippen LogP contribution in [0.1, 0.15) is 51.9 Å². The van der Waals surface area contributed by atoms with Crippen molar-refractivity contribution in [2.24, 2.45) is 11.8 Å². The summed E-state index contributed by atoms with van der Waals surface area (Å²) in [6, 6.07) is 6.34. The first-order valence-electron chi connectivity index (χ1n) is 12.4. The maximum Gasteiger partial charge on any atom is 0.248 e. The molecule has 5 atom stereocenters. The van der Waals surface area contributed by atoms with Crippen LogP contribution < -0.4 is 10.6 Å². The highest BCUT2D eigenvalue weighted by Gasteiger charge is 2.73. The van der Waals surface area contributed by atoms with Crippen LogP contribution in [0.4, 0.5) is 5.69 Å². The smallest absolute Gasteiger partial charge is 0.248 e. The topological polar surface area (TPSA) is 98.7 Å². The predicted octanol–water partition coefficient (Wildman–Crippen LogP) is 3.45. The Morgan fingerprint density at radius 2 is 1.91 bits per heavy atom. The molecule has 3 fully saturated rings. The summed E-state index contributed by atoms with van der Waals surface area (Å²) >= 11 is 7.68. The lowest BCUT2D eigenvalue weighted by atomic mass is 9.70. The van der Waals surface area contributed by atoms with Gasteiger partial charge in [-0.05, 0) is 56.4 Å². The van der Waals surface area contributed by atoms with Crippen LogP contribution in [0.5, 0.6) is 0 Å². The molecular formula is C25H34ClN3O4S. The fourth-order valence-corrected chi connectivity index (χ4v) is 8.20. The average Bonchev–Trinajstić information content (AvgIpc) is 3.46. The number of benzene rings is 1. The summed E-state index contributed by atoms with van der Waals surface area (Å²) in [5.41, 5.74) is 0.638. The Balaban J connectivity index is 1.59. The molecule has 3 aliphatic rings. The van der Waals surface area contributed by atoms with Crippen molar-refractivity contribution >= 4 is 46.8 Å². The van der Waals surface area contributed by atoms with E-state index in [0.717, 1.165) is 44.9 Å². The van der Waals surface area contributed by atoms with E-state index in [-0.39, 0.29) is 35.5 Å². The highest BCUT2D eigenvalue weighted by atomic mass is 35.5. The maximum absolute atomic E-state index is 13.8. The number of halogens is 1. The van der Waals surface area contributed by atoms with E-state index in [1.807, 2.05) is 6.92 Å². The number of rotatable bonds is 11. The number of nitrogens with one attached hydrogen (secondary N) is 2. The van der Waals surface area contributed by atoms with Crippen LogP contribution in [0.2, 0.25) is 5.02 Å². The minimum Gasteiger partial charge on any atom is -0.396 e. The van der Waals surface area contributed by atoms with Crippen LogP contribution in [-0.4, -0.2) is 63.5 Å². The second-order valence-electron chi connectivity index (χ2n) is 9.51. The molecule has 4 rings (SSSR count). The molecule has 0 aromatic heterocycles. The Kier molecular flexibility index (Phi) is 8.10. The van der Waals surface area contributed by atoms with Gasteiger partial charge in [0.05, 0.1) is 16.6 Å². The average molecular weight is 508 g/mol. The highest BCUT2D eigenvalue weighted by molar-refractivity contribution is 8.02. The molecule has 1 spiro atoms. The fourth-order valence-electron chi connectivity index (χ4n) is 5.85. The third kappa shape index (κ3) is 4.69. The number of fused-ring (bicyclic) bond motifs is 1. The summed E-state index contributed by atoms with van der Waals surface area (Å²) in [6.07, 6.45) is 5.70. The van der Waals surface area contributed by atoms with Crippen molar-refractivity contribution in [2.75, 3.05) is 25.0 Å². The van der Waals surface area contributed by atoms with Gasteiger partial charge >= 0.3 is 0 Å². The third-order valence-electron chi connectivity index (χ3n) is 7.32. The van der Waals surface area contributed by atoms with Crippen molar-refractivity contribution in [3.63, 3.8) is 0 Å². The molecule has 2 unspecified atom stereocenters. The van der Waals surface area contributed by atoms with E-state index in [9.17, 15) is 14.4 Å². The number of hydrogen-bond acceptors (Lipinski definition) is 5. The van der Waals surface area contributed by atoms with E-state index in [0.29, 0.717) is 23.8 Å². The number of unbranched alkanes of at least 4 members (excludes halogenated alkanes) is 3. The number of aliphatic hydroxyl groups excluding tert-OH is 1. The summed E-state index contributed by atoms with van der Waals surface area (Å²) in [6.45, 7) is 3.24. The minimum atomic E-state index is -0.613. The van der Waals surface area contributed by atoms with E-state index in [1.54, 1.807) is 40.9 Å². The van der Waals surface area contributed by atoms with Crippen LogP contribution >= 0.6 is 23.4 Å². The predicted molar refractivity (Wildman–Crippen MR) is 135 cm³/mol. The van der Waals surface area contributed by atoms with Gasteiger partial charge in [0.15, 0.2) is 0 Å². The molecule has 1 aromatic rings. The Labute approximate surface area is 210 Å². The van der Waals surface area contributed by atoms with Gasteiger partial charge in [-0.25, -0.2) is 0 Å². The molecule has 0 aliphatic carbocycles. The number of hydrogen-bond donors (Lipinski definition) is 3. The van der Waals surface area contributed by atoms with Crippen LogP contribution in [0.25, 0.3) is 0 Å². The largest absolute Gasteiger partial charge is 0.396 e. The molecule has 34 heavy (non-hydrogen) atoms. The molecule has 3 heterocycles. The summed E-state index contributed by atoms with van der Waals surface area (Å²) in [4.78, 5) is 42.3. The van der Waals surface area contributed by atoms with Crippen molar-refractivity contribution in [1.82, 2.24) is 10.2 Å². The van der Waals surface area contributed by atoms with E-state index < -0.39 is 16.7 Å². The molecule has 3 aliphatic heterocycles. The van der Waals surface area contributed by atoms with Gasteiger partial charge in [-0.2, -0.15) is 0 Å². The zero-order valence-electron chi connectivity index (χ0n) is 19.6. The van der Waals surface area contributed by atoms with E-state index in [2.05, 4.69) is 10.6 Å². The van der Waals surface area contributed by atoms with Gasteiger partial charge in [-0.15, -0.1) is 11.8 Å². The number of aliphatic hydroxyl groups is 1. The molecule has 3 N–H and O–H groups in total. The lowest BCUT2D eigenvalue weighted by molar-refractivity contribution is -0.139. The van der Waals surface area contributed by atoms with E-state index >= 15 is 0 Å². The normalized spacial score (nSPS) is 29.4. The Hall–Kier alpha value is -1.77. The number of nitrogens with zero attached hydrogens (tertiary/aromatic N) is 1. The summed E-state index contributed by atoms with van der Waals surface area (Å²) in [5, 5.41) is 15.7. The molecule has 9 heteroatoms. The number of carbonyl (C=O) groups excluding carboxylic acids is 3. The van der Waals surface area contributed by atoms with Crippen LogP contribution in [0.15, 0.2) is 24.3 Å². The molecule has 3 amide bonds. The molecule has 186 valence electrons. The van der Waals surface area contributed by atoms with Crippen LogP contribution in [0, 0.1) is 11.8 Å². The molecule has 3 saturated heterocycles. The standard InChI is InChI=1S/C25H34ClN3O4S/c1-2-13-27-22(31)19-18-11-12-25(34-18)20(19)24(33)29(14-5-3-4-6-15-30)21(25)23(32)28-17-9-7-16(26)8-10-17/h7-10,18-21,30H,2-6,11-15H2,1H3,(H,27,31)(H,28,32)/t18-,19+,20+,21?,25?/m1/s1.